The summed E-state index contributed by atoms with van der Waals surface area (Å²) in [6, 6.07) is 7.40. The van der Waals surface area contributed by atoms with E-state index in [0.717, 1.165) is 37.4 Å². The lowest BCUT2D eigenvalue weighted by molar-refractivity contribution is -0.122. The van der Waals surface area contributed by atoms with Crippen LogP contribution < -0.4 is 20.7 Å². The van der Waals surface area contributed by atoms with Crippen molar-refractivity contribution in [3.05, 3.63) is 29.8 Å². The smallest absolute Gasteiger partial charge is 0.321 e. The fourth-order valence-corrected chi connectivity index (χ4v) is 2.82. The van der Waals surface area contributed by atoms with Crippen LogP contribution in [0, 0.1) is 0 Å². The number of hydrogen-bond acceptors (Lipinski definition) is 5. The molecule has 1 aliphatic rings. The number of hydrogen-bond donors (Lipinski definition) is 3. The SMILES string of the molecule is CCCNC(=O)NC(=O)CN1CCNCC1c1ccccc1OC. The Morgan fingerprint density at radius 2 is 2.17 bits per heavy atom. The highest BCUT2D eigenvalue weighted by molar-refractivity contribution is 5.95. The van der Waals surface area contributed by atoms with Gasteiger partial charge in [-0.2, -0.15) is 0 Å². The maximum Gasteiger partial charge on any atom is 0.321 e. The van der Waals surface area contributed by atoms with Crippen LogP contribution in [0.3, 0.4) is 0 Å². The number of amides is 3. The summed E-state index contributed by atoms with van der Waals surface area (Å²) in [5.41, 5.74) is 1.04. The molecule has 1 heterocycles. The number of piperazine rings is 1. The first kappa shape index (κ1) is 18.2. The molecule has 7 nitrogen and oxygen atoms in total. The van der Waals surface area contributed by atoms with Gasteiger partial charge in [-0.25, -0.2) is 4.79 Å². The van der Waals surface area contributed by atoms with Crippen LogP contribution in [0.2, 0.25) is 0 Å². The summed E-state index contributed by atoms with van der Waals surface area (Å²) in [7, 11) is 1.64. The average molecular weight is 334 g/mol. The summed E-state index contributed by atoms with van der Waals surface area (Å²) in [5.74, 6) is 0.502. The predicted octanol–water partition coefficient (Wildman–Crippen LogP) is 0.877. The van der Waals surface area contributed by atoms with Crippen molar-refractivity contribution in [2.75, 3.05) is 39.8 Å². The monoisotopic (exact) mass is 334 g/mol. The number of methoxy groups -OCH3 is 1. The van der Waals surface area contributed by atoms with Crippen LogP contribution in [0.15, 0.2) is 24.3 Å². The first-order chi connectivity index (χ1) is 11.7. The molecule has 0 aliphatic carbocycles. The van der Waals surface area contributed by atoms with Crippen LogP contribution in [0.5, 0.6) is 5.75 Å². The molecule has 3 amide bonds. The molecule has 0 spiro atoms. The van der Waals surface area contributed by atoms with Gasteiger partial charge in [-0.05, 0) is 12.5 Å². The van der Waals surface area contributed by atoms with Gasteiger partial charge in [-0.15, -0.1) is 0 Å². The van der Waals surface area contributed by atoms with E-state index in [1.165, 1.54) is 0 Å². The van der Waals surface area contributed by atoms with Crippen molar-refractivity contribution in [3.8, 4) is 5.75 Å². The van der Waals surface area contributed by atoms with Crippen molar-refractivity contribution in [2.45, 2.75) is 19.4 Å². The molecule has 0 bridgehead atoms. The third kappa shape index (κ3) is 4.94. The molecule has 1 fully saturated rings. The highest BCUT2D eigenvalue weighted by atomic mass is 16.5. The van der Waals surface area contributed by atoms with Crippen molar-refractivity contribution in [1.29, 1.82) is 0 Å². The van der Waals surface area contributed by atoms with Crippen LogP contribution in [0.25, 0.3) is 0 Å². The van der Waals surface area contributed by atoms with Gasteiger partial charge in [-0.1, -0.05) is 25.1 Å². The summed E-state index contributed by atoms with van der Waals surface area (Å²) >= 11 is 0. The Hall–Kier alpha value is -2.12. The normalized spacial score (nSPS) is 18.0. The second kappa shape index (κ2) is 9.24. The second-order valence-corrected chi connectivity index (χ2v) is 5.74. The molecule has 1 aromatic rings. The summed E-state index contributed by atoms with van der Waals surface area (Å²) in [6.45, 7) is 4.95. The Bertz CT molecular complexity index is 565. The lowest BCUT2D eigenvalue weighted by Gasteiger charge is -2.36. The number of nitrogens with one attached hydrogen (secondary N) is 3. The molecule has 1 aromatic carbocycles. The number of ether oxygens (including phenoxy) is 1. The summed E-state index contributed by atoms with van der Waals surface area (Å²) in [5, 5.41) is 8.37. The summed E-state index contributed by atoms with van der Waals surface area (Å²) in [6.07, 6.45) is 0.829. The van der Waals surface area contributed by atoms with E-state index in [0.29, 0.717) is 6.54 Å². The standard InChI is InChI=1S/C17H26N4O3/c1-3-8-19-17(23)20-16(22)12-21-10-9-18-11-14(21)13-6-4-5-7-15(13)24-2/h4-7,14,18H,3,8-12H2,1-2H3,(H2,19,20,22,23). The molecule has 24 heavy (non-hydrogen) atoms. The van der Waals surface area contributed by atoms with Crippen LogP contribution >= 0.6 is 0 Å². The number of carbonyl (C=O) groups is 2. The zero-order valence-corrected chi connectivity index (χ0v) is 14.3. The average Bonchev–Trinajstić information content (AvgIpc) is 2.60. The van der Waals surface area contributed by atoms with Crippen molar-refractivity contribution < 1.29 is 14.3 Å². The Kier molecular flexibility index (Phi) is 7.02. The predicted molar refractivity (Wildman–Crippen MR) is 92.0 cm³/mol. The molecular weight excluding hydrogens is 308 g/mol. The molecule has 1 unspecified atom stereocenters. The molecule has 1 atom stereocenters. The maximum atomic E-state index is 12.2. The molecule has 1 aliphatic heterocycles. The van der Waals surface area contributed by atoms with Gasteiger partial charge in [0.15, 0.2) is 0 Å². The minimum Gasteiger partial charge on any atom is -0.496 e. The first-order valence-corrected chi connectivity index (χ1v) is 8.31. The molecule has 0 radical (unpaired) electrons. The summed E-state index contributed by atoms with van der Waals surface area (Å²) < 4.78 is 5.44. The maximum absolute atomic E-state index is 12.2. The quantitative estimate of drug-likeness (QED) is 0.719. The molecule has 2 rings (SSSR count). The number of urea groups is 1. The highest BCUT2D eigenvalue weighted by Gasteiger charge is 2.27. The lowest BCUT2D eigenvalue weighted by atomic mass is 10.0. The van der Waals surface area contributed by atoms with Crippen molar-refractivity contribution in [3.63, 3.8) is 0 Å². The van der Waals surface area contributed by atoms with Gasteiger partial charge in [0.2, 0.25) is 5.91 Å². The van der Waals surface area contributed by atoms with E-state index in [-0.39, 0.29) is 18.5 Å². The van der Waals surface area contributed by atoms with Crippen LogP contribution in [-0.2, 0) is 4.79 Å². The summed E-state index contributed by atoms with van der Waals surface area (Å²) in [4.78, 5) is 25.8. The van der Waals surface area contributed by atoms with E-state index in [1.807, 2.05) is 31.2 Å². The second-order valence-electron chi connectivity index (χ2n) is 5.74. The molecule has 0 aromatic heterocycles. The highest BCUT2D eigenvalue weighted by Crippen LogP contribution is 2.29. The first-order valence-electron chi connectivity index (χ1n) is 8.31. The number of nitrogens with zero attached hydrogens (tertiary/aromatic N) is 1. The van der Waals surface area contributed by atoms with E-state index in [1.54, 1.807) is 7.11 Å². The number of imide groups is 1. The van der Waals surface area contributed by atoms with E-state index in [4.69, 9.17) is 4.74 Å². The number of rotatable bonds is 6. The lowest BCUT2D eigenvalue weighted by Crippen LogP contribution is -2.51. The number of benzene rings is 1. The van der Waals surface area contributed by atoms with Crippen LogP contribution in [0.1, 0.15) is 24.9 Å². The Balaban J connectivity index is 2.01. The molecule has 1 saturated heterocycles. The van der Waals surface area contributed by atoms with Crippen LogP contribution in [0.4, 0.5) is 4.79 Å². The van der Waals surface area contributed by atoms with Gasteiger partial charge in [0, 0.05) is 31.7 Å². The third-order valence-corrected chi connectivity index (χ3v) is 3.99. The van der Waals surface area contributed by atoms with Gasteiger partial charge in [0.25, 0.3) is 0 Å². The fraction of sp³-hybridized carbons (Fsp3) is 0.529. The van der Waals surface area contributed by atoms with Crippen molar-refractivity contribution in [2.24, 2.45) is 0 Å². The van der Waals surface area contributed by atoms with E-state index in [9.17, 15) is 9.59 Å². The minimum absolute atomic E-state index is 0.0272. The Morgan fingerprint density at radius 1 is 1.38 bits per heavy atom. The van der Waals surface area contributed by atoms with Crippen molar-refractivity contribution in [1.82, 2.24) is 20.9 Å². The molecule has 132 valence electrons. The molecule has 7 heteroatoms. The topological polar surface area (TPSA) is 82.7 Å². The van der Waals surface area contributed by atoms with E-state index in [2.05, 4.69) is 20.9 Å². The van der Waals surface area contributed by atoms with Gasteiger partial charge >= 0.3 is 6.03 Å². The van der Waals surface area contributed by atoms with Gasteiger partial charge in [-0.3, -0.25) is 15.0 Å². The zero-order valence-electron chi connectivity index (χ0n) is 14.3. The van der Waals surface area contributed by atoms with Gasteiger partial charge in [0.1, 0.15) is 5.75 Å². The fourth-order valence-electron chi connectivity index (χ4n) is 2.82. The van der Waals surface area contributed by atoms with Crippen LogP contribution in [-0.4, -0.2) is 56.7 Å². The largest absolute Gasteiger partial charge is 0.496 e. The number of para-hydroxylation sites is 1. The Labute approximate surface area is 142 Å². The van der Waals surface area contributed by atoms with Gasteiger partial charge in [0.05, 0.1) is 19.7 Å². The van der Waals surface area contributed by atoms with E-state index < -0.39 is 6.03 Å². The Morgan fingerprint density at radius 3 is 2.92 bits per heavy atom. The molecular formula is C17H26N4O3. The van der Waals surface area contributed by atoms with Gasteiger partial charge < -0.3 is 15.4 Å². The zero-order chi connectivity index (χ0) is 17.4. The third-order valence-electron chi connectivity index (χ3n) is 3.99. The number of carbonyl (C=O) groups excluding carboxylic acids is 2. The van der Waals surface area contributed by atoms with E-state index >= 15 is 0 Å². The molecule has 3 N–H and O–H groups in total. The molecule has 0 saturated carbocycles. The van der Waals surface area contributed by atoms with Crippen molar-refractivity contribution >= 4 is 11.9 Å². The minimum atomic E-state index is -0.439.